The monoisotopic (exact) mass is 420 g/mol. The molecule has 3 heteroatoms. The normalized spacial score (nSPS) is 19.8. The maximum atomic E-state index is 4.54. The molecule has 2 heterocycles. The van der Waals surface area contributed by atoms with Crippen LogP contribution in [0.5, 0.6) is 0 Å². The van der Waals surface area contributed by atoms with Crippen molar-refractivity contribution in [1.29, 1.82) is 0 Å². The van der Waals surface area contributed by atoms with Crippen LogP contribution in [-0.2, 0) is 0 Å². The van der Waals surface area contributed by atoms with Crippen LogP contribution in [0, 0.1) is 18.3 Å². The second-order valence-electron chi connectivity index (χ2n) is 9.43. The molecule has 2 nitrogen and oxygen atoms in total. The fourth-order valence-electron chi connectivity index (χ4n) is 4.73. The van der Waals surface area contributed by atoms with Gasteiger partial charge in [0.2, 0.25) is 0 Å². The van der Waals surface area contributed by atoms with Crippen LogP contribution >= 0.6 is 11.8 Å². The van der Waals surface area contributed by atoms with Gasteiger partial charge in [-0.05, 0) is 66.4 Å². The van der Waals surface area contributed by atoms with E-state index in [1.54, 1.807) is 11.8 Å². The molecule has 3 rings (SSSR count). The van der Waals surface area contributed by atoms with E-state index < -0.39 is 0 Å². The van der Waals surface area contributed by atoms with Crippen LogP contribution in [-0.4, -0.2) is 12.8 Å². The number of hydrogen-bond donors (Lipinski definition) is 1. The molecule has 30 heavy (non-hydrogen) atoms. The lowest BCUT2D eigenvalue weighted by Gasteiger charge is -2.47. The molecule has 0 bridgehead atoms. The Hall–Kier alpha value is -2.13. The Morgan fingerprint density at radius 2 is 1.90 bits per heavy atom. The molecule has 2 aliphatic rings. The van der Waals surface area contributed by atoms with Crippen molar-refractivity contribution in [2.24, 2.45) is 11.3 Å². The zero-order chi connectivity index (χ0) is 22.4. The van der Waals surface area contributed by atoms with Crippen molar-refractivity contribution in [1.82, 2.24) is 5.32 Å². The second-order valence-corrected chi connectivity index (χ2v) is 10.3. The van der Waals surface area contributed by atoms with Gasteiger partial charge in [0.1, 0.15) is 0 Å². The summed E-state index contributed by atoms with van der Waals surface area (Å²) >= 11 is 1.80. The lowest BCUT2D eigenvalue weighted by molar-refractivity contribution is 0.278. The first-order valence-electron chi connectivity index (χ1n) is 10.7. The Kier molecular flexibility index (Phi) is 6.15. The number of allylic oxidation sites excluding steroid dienone is 2. The van der Waals surface area contributed by atoms with Crippen LogP contribution in [0.4, 0.5) is 5.69 Å². The number of benzene rings is 1. The second kappa shape index (κ2) is 8.19. The SMILES string of the molecule is C=C(CC)C1=C(C)C2=C(NC1=C)C(=C)N(c1cccc(SC)c1C)CC2C(C)(C)C. The van der Waals surface area contributed by atoms with Crippen LogP contribution in [0.15, 0.2) is 82.2 Å². The van der Waals surface area contributed by atoms with E-state index in [0.29, 0.717) is 5.92 Å². The number of nitrogens with one attached hydrogen (secondary N) is 1. The lowest BCUT2D eigenvalue weighted by atomic mass is 9.69. The van der Waals surface area contributed by atoms with E-state index >= 15 is 0 Å². The van der Waals surface area contributed by atoms with Crippen molar-refractivity contribution in [3.63, 3.8) is 0 Å². The largest absolute Gasteiger partial charge is 0.354 e. The van der Waals surface area contributed by atoms with Gasteiger partial charge in [-0.2, -0.15) is 0 Å². The predicted molar refractivity (Wildman–Crippen MR) is 134 cm³/mol. The van der Waals surface area contributed by atoms with Gasteiger partial charge in [-0.1, -0.05) is 53.5 Å². The molecular weight excluding hydrogens is 384 g/mol. The molecule has 160 valence electrons. The third-order valence-electron chi connectivity index (χ3n) is 6.55. The Bertz CT molecular complexity index is 985. The van der Waals surface area contributed by atoms with Crippen molar-refractivity contribution in [2.45, 2.75) is 52.9 Å². The average Bonchev–Trinajstić information content (AvgIpc) is 2.68. The van der Waals surface area contributed by atoms with Gasteiger partial charge in [-0.15, -0.1) is 11.8 Å². The van der Waals surface area contributed by atoms with Crippen LogP contribution in [0.1, 0.15) is 46.6 Å². The summed E-state index contributed by atoms with van der Waals surface area (Å²) in [7, 11) is 0. The summed E-state index contributed by atoms with van der Waals surface area (Å²) in [6, 6.07) is 6.56. The Morgan fingerprint density at radius 3 is 2.47 bits per heavy atom. The average molecular weight is 421 g/mol. The van der Waals surface area contributed by atoms with Crippen molar-refractivity contribution in [3.05, 3.63) is 82.9 Å². The molecule has 1 N–H and O–H groups in total. The molecule has 0 saturated carbocycles. The topological polar surface area (TPSA) is 15.3 Å². The quantitative estimate of drug-likeness (QED) is 0.512. The third kappa shape index (κ3) is 3.69. The minimum atomic E-state index is 0.102. The fraction of sp³-hybridized carbons (Fsp3) is 0.407. The van der Waals surface area contributed by atoms with Gasteiger partial charge < -0.3 is 10.2 Å². The summed E-state index contributed by atoms with van der Waals surface area (Å²) in [5.41, 5.74) is 10.7. The number of hydrogen-bond acceptors (Lipinski definition) is 3. The van der Waals surface area contributed by atoms with E-state index in [-0.39, 0.29) is 5.41 Å². The molecule has 2 aliphatic heterocycles. The highest BCUT2D eigenvalue weighted by molar-refractivity contribution is 7.98. The highest BCUT2D eigenvalue weighted by Gasteiger charge is 2.41. The summed E-state index contributed by atoms with van der Waals surface area (Å²) in [5.74, 6) is 0.357. The van der Waals surface area contributed by atoms with E-state index in [1.165, 1.54) is 32.9 Å². The highest BCUT2D eigenvalue weighted by atomic mass is 32.2. The van der Waals surface area contributed by atoms with Crippen LogP contribution in [0.2, 0.25) is 0 Å². The van der Waals surface area contributed by atoms with Gasteiger partial charge >= 0.3 is 0 Å². The zero-order valence-corrected chi connectivity index (χ0v) is 20.5. The maximum Gasteiger partial charge on any atom is 0.0658 e. The van der Waals surface area contributed by atoms with E-state index in [9.17, 15) is 0 Å². The summed E-state index contributed by atoms with van der Waals surface area (Å²) in [6.45, 7) is 27.7. The molecule has 1 unspecified atom stereocenters. The van der Waals surface area contributed by atoms with Crippen molar-refractivity contribution in [3.8, 4) is 0 Å². The molecule has 0 saturated heterocycles. The van der Waals surface area contributed by atoms with Crippen molar-refractivity contribution < 1.29 is 0 Å². The molecule has 0 aliphatic carbocycles. The number of dihydropyridines is 1. The van der Waals surface area contributed by atoms with Crippen LogP contribution < -0.4 is 10.2 Å². The fourth-order valence-corrected chi connectivity index (χ4v) is 5.36. The predicted octanol–water partition coefficient (Wildman–Crippen LogP) is 7.37. The first kappa shape index (κ1) is 22.6. The van der Waals surface area contributed by atoms with Gasteiger partial charge in [-0.25, -0.2) is 0 Å². The van der Waals surface area contributed by atoms with Crippen LogP contribution in [0.25, 0.3) is 0 Å². The van der Waals surface area contributed by atoms with E-state index in [0.717, 1.165) is 35.6 Å². The molecule has 1 atom stereocenters. The van der Waals surface area contributed by atoms with E-state index in [2.05, 4.69) is 96.0 Å². The van der Waals surface area contributed by atoms with Crippen LogP contribution in [0.3, 0.4) is 0 Å². The van der Waals surface area contributed by atoms with Gasteiger partial charge in [-0.3, -0.25) is 0 Å². The Labute approximate surface area is 187 Å². The highest BCUT2D eigenvalue weighted by Crippen LogP contribution is 2.48. The molecule has 0 spiro atoms. The van der Waals surface area contributed by atoms with E-state index in [4.69, 9.17) is 0 Å². The van der Waals surface area contributed by atoms with Crippen molar-refractivity contribution >= 4 is 17.4 Å². The first-order chi connectivity index (χ1) is 14.0. The lowest BCUT2D eigenvalue weighted by Crippen LogP contribution is -2.45. The van der Waals surface area contributed by atoms with E-state index in [1.807, 2.05) is 0 Å². The van der Waals surface area contributed by atoms with Crippen molar-refractivity contribution in [2.75, 3.05) is 17.7 Å². The van der Waals surface area contributed by atoms with Gasteiger partial charge in [0.15, 0.2) is 0 Å². The third-order valence-corrected chi connectivity index (χ3v) is 7.43. The molecule has 1 aromatic carbocycles. The molecule has 0 amide bonds. The number of anilines is 1. The Morgan fingerprint density at radius 1 is 1.23 bits per heavy atom. The number of thioether (sulfide) groups is 1. The Balaban J connectivity index is 2.22. The smallest absolute Gasteiger partial charge is 0.0658 e. The maximum absolute atomic E-state index is 4.54. The van der Waals surface area contributed by atoms with Gasteiger partial charge in [0, 0.05) is 34.3 Å². The zero-order valence-electron chi connectivity index (χ0n) is 19.7. The first-order valence-corrected chi connectivity index (χ1v) is 12.0. The number of nitrogens with zero attached hydrogens (tertiary/aromatic N) is 1. The summed E-state index contributed by atoms with van der Waals surface area (Å²) < 4.78 is 0. The molecule has 0 radical (unpaired) electrons. The molecule has 1 aromatic rings. The minimum absolute atomic E-state index is 0.102. The standard InChI is InChI=1S/C27H36N2S/c1-11-16(2)24-18(4)25-21(27(7,8)9)15-29(20(6)26(25)28-19(24)5)22-13-12-14-23(30-10)17(22)3/h12-14,21,28H,2,5-6,11,15H2,1,3-4,7-10H3. The molecular formula is C27H36N2S. The molecule has 0 fully saturated rings. The summed E-state index contributed by atoms with van der Waals surface area (Å²) in [4.78, 5) is 3.71. The molecule has 0 aromatic heterocycles. The number of rotatable bonds is 4. The van der Waals surface area contributed by atoms with Gasteiger partial charge in [0.25, 0.3) is 0 Å². The van der Waals surface area contributed by atoms with Gasteiger partial charge in [0.05, 0.1) is 11.4 Å². The summed E-state index contributed by atoms with van der Waals surface area (Å²) in [5, 5.41) is 3.63. The summed E-state index contributed by atoms with van der Waals surface area (Å²) in [6.07, 6.45) is 3.06. The minimum Gasteiger partial charge on any atom is -0.354 e.